The van der Waals surface area contributed by atoms with Crippen LogP contribution in [0.2, 0.25) is 5.02 Å². The van der Waals surface area contributed by atoms with Crippen LogP contribution in [0.4, 0.5) is 11.4 Å². The number of nitrogens with one attached hydrogen (secondary N) is 1. The fourth-order valence-corrected chi connectivity index (χ4v) is 5.39. The van der Waals surface area contributed by atoms with E-state index >= 15 is 0 Å². The third-order valence-electron chi connectivity index (χ3n) is 5.89. The molecule has 0 aliphatic rings. The summed E-state index contributed by atoms with van der Waals surface area (Å²) in [5, 5.41) is 14.5. The van der Waals surface area contributed by atoms with Gasteiger partial charge in [0, 0.05) is 29.2 Å². The summed E-state index contributed by atoms with van der Waals surface area (Å²) in [4.78, 5) is 38.8. The second kappa shape index (κ2) is 12.5. The number of hydrogen-bond acceptors (Lipinski definition) is 6. The summed E-state index contributed by atoms with van der Waals surface area (Å²) >= 11 is 6.01. The highest BCUT2D eigenvalue weighted by atomic mass is 35.5. The number of nitrogens with zero attached hydrogens (tertiary/aromatic N) is 3. The van der Waals surface area contributed by atoms with E-state index in [1.807, 2.05) is 20.8 Å². The van der Waals surface area contributed by atoms with Crippen molar-refractivity contribution in [1.29, 1.82) is 0 Å². The Bertz CT molecular complexity index is 1460. The second-order valence-electron chi connectivity index (χ2n) is 10.2. The monoisotopic (exact) mass is 586 g/mol. The number of amides is 2. The maximum atomic E-state index is 13.9. The standard InChI is InChI=1S/C28H31ClN4O6S/c1-20(27(35)30-28(2,3)4)31(18-21-10-12-22(29)13-11-21)26(34)19-32(23-14-16-24(17-15-23)33(36)37)40(38,39)25-8-6-5-7-9-25/h5-17,20H,18-19H2,1-4H3,(H,30,35)/t20-/m0/s1. The minimum absolute atomic E-state index is 0.00815. The first kappa shape index (κ1) is 30.6. The van der Waals surface area contributed by atoms with E-state index in [2.05, 4.69) is 5.32 Å². The van der Waals surface area contributed by atoms with Crippen LogP contribution in [0.25, 0.3) is 0 Å². The SMILES string of the molecule is C[C@@H](C(=O)NC(C)(C)C)N(Cc1ccc(Cl)cc1)C(=O)CN(c1ccc([N+](=O)[O-])cc1)S(=O)(=O)c1ccccc1. The first-order valence-electron chi connectivity index (χ1n) is 12.4. The Morgan fingerprint density at radius 2 is 1.55 bits per heavy atom. The van der Waals surface area contributed by atoms with Gasteiger partial charge in [-0.05, 0) is 69.7 Å². The van der Waals surface area contributed by atoms with E-state index in [4.69, 9.17) is 11.6 Å². The fraction of sp³-hybridized carbons (Fsp3) is 0.286. The number of hydrogen-bond donors (Lipinski definition) is 1. The molecule has 12 heteroatoms. The van der Waals surface area contributed by atoms with Crippen LogP contribution in [0.15, 0.2) is 83.8 Å². The minimum atomic E-state index is -4.27. The normalized spacial score (nSPS) is 12.3. The Morgan fingerprint density at radius 3 is 2.08 bits per heavy atom. The summed E-state index contributed by atoms with van der Waals surface area (Å²) in [5.41, 5.74) is -0.0622. The van der Waals surface area contributed by atoms with E-state index in [0.29, 0.717) is 10.6 Å². The number of halogens is 1. The van der Waals surface area contributed by atoms with Crippen LogP contribution < -0.4 is 9.62 Å². The van der Waals surface area contributed by atoms with Crippen molar-refractivity contribution in [2.24, 2.45) is 0 Å². The van der Waals surface area contributed by atoms with Gasteiger partial charge >= 0.3 is 0 Å². The third kappa shape index (κ3) is 7.80. The lowest BCUT2D eigenvalue weighted by atomic mass is 10.1. The summed E-state index contributed by atoms with van der Waals surface area (Å²) < 4.78 is 28.3. The van der Waals surface area contributed by atoms with Crippen LogP contribution in [0.5, 0.6) is 0 Å². The number of anilines is 1. The molecule has 0 heterocycles. The quantitative estimate of drug-likeness (QED) is 0.269. The second-order valence-corrected chi connectivity index (χ2v) is 12.5. The van der Waals surface area contributed by atoms with Crippen molar-refractivity contribution >= 4 is 44.8 Å². The molecule has 0 bridgehead atoms. The molecule has 40 heavy (non-hydrogen) atoms. The van der Waals surface area contributed by atoms with Gasteiger partial charge < -0.3 is 10.2 Å². The van der Waals surface area contributed by atoms with Crippen LogP contribution in [-0.4, -0.2) is 48.2 Å². The molecule has 212 valence electrons. The molecule has 0 spiro atoms. The van der Waals surface area contributed by atoms with Gasteiger partial charge in [0.1, 0.15) is 12.6 Å². The first-order valence-corrected chi connectivity index (χ1v) is 14.2. The maximum absolute atomic E-state index is 13.9. The molecular weight excluding hydrogens is 556 g/mol. The van der Waals surface area contributed by atoms with Gasteiger partial charge in [0.25, 0.3) is 15.7 Å². The van der Waals surface area contributed by atoms with Crippen LogP contribution in [0, 0.1) is 10.1 Å². The van der Waals surface area contributed by atoms with E-state index in [-0.39, 0.29) is 22.8 Å². The lowest BCUT2D eigenvalue weighted by Gasteiger charge is -2.33. The number of carbonyl (C=O) groups excluding carboxylic acids is 2. The van der Waals surface area contributed by atoms with Crippen molar-refractivity contribution in [2.45, 2.75) is 50.7 Å². The first-order chi connectivity index (χ1) is 18.7. The summed E-state index contributed by atoms with van der Waals surface area (Å²) in [6.07, 6.45) is 0. The topological polar surface area (TPSA) is 130 Å². The summed E-state index contributed by atoms with van der Waals surface area (Å²) in [6, 6.07) is 18.2. The number of carbonyl (C=O) groups is 2. The van der Waals surface area contributed by atoms with Crippen molar-refractivity contribution in [3.63, 3.8) is 0 Å². The van der Waals surface area contributed by atoms with Crippen molar-refractivity contribution < 1.29 is 22.9 Å². The Labute approximate surface area is 238 Å². The molecular formula is C28H31ClN4O6S. The van der Waals surface area contributed by atoms with Crippen LogP contribution in [0.3, 0.4) is 0 Å². The fourth-order valence-electron chi connectivity index (χ4n) is 3.83. The zero-order valence-corrected chi connectivity index (χ0v) is 24.1. The lowest BCUT2D eigenvalue weighted by molar-refractivity contribution is -0.384. The van der Waals surface area contributed by atoms with E-state index < -0.39 is 44.9 Å². The van der Waals surface area contributed by atoms with Crippen molar-refractivity contribution in [1.82, 2.24) is 10.2 Å². The maximum Gasteiger partial charge on any atom is 0.269 e. The third-order valence-corrected chi connectivity index (χ3v) is 7.93. The van der Waals surface area contributed by atoms with Gasteiger partial charge in [-0.1, -0.05) is 41.9 Å². The van der Waals surface area contributed by atoms with Gasteiger partial charge in [-0.25, -0.2) is 8.42 Å². The van der Waals surface area contributed by atoms with Gasteiger partial charge in [-0.2, -0.15) is 0 Å². The summed E-state index contributed by atoms with van der Waals surface area (Å²) in [6.45, 7) is 6.35. The summed E-state index contributed by atoms with van der Waals surface area (Å²) in [7, 11) is -4.27. The van der Waals surface area contributed by atoms with Gasteiger partial charge in [0.05, 0.1) is 15.5 Å². The smallest absolute Gasteiger partial charge is 0.269 e. The highest BCUT2D eigenvalue weighted by molar-refractivity contribution is 7.92. The minimum Gasteiger partial charge on any atom is -0.350 e. The Morgan fingerprint density at radius 1 is 0.975 bits per heavy atom. The molecule has 3 rings (SSSR count). The molecule has 0 radical (unpaired) electrons. The number of sulfonamides is 1. The van der Waals surface area contributed by atoms with E-state index in [9.17, 15) is 28.1 Å². The predicted molar refractivity (Wildman–Crippen MR) is 153 cm³/mol. The highest BCUT2D eigenvalue weighted by Crippen LogP contribution is 2.26. The van der Waals surface area contributed by atoms with Gasteiger partial charge in [0.2, 0.25) is 11.8 Å². The van der Waals surface area contributed by atoms with Crippen LogP contribution in [-0.2, 0) is 26.2 Å². The molecule has 0 unspecified atom stereocenters. The molecule has 0 aliphatic carbocycles. The Kier molecular flexibility index (Phi) is 9.54. The average molecular weight is 587 g/mol. The molecule has 1 atom stereocenters. The number of nitro groups is 1. The molecule has 3 aromatic carbocycles. The zero-order valence-electron chi connectivity index (χ0n) is 22.6. The molecule has 3 aromatic rings. The van der Waals surface area contributed by atoms with Gasteiger partial charge in [-0.15, -0.1) is 0 Å². The number of nitro benzene ring substituents is 1. The molecule has 0 saturated carbocycles. The van der Waals surface area contributed by atoms with Crippen LogP contribution in [0.1, 0.15) is 33.3 Å². The zero-order chi connectivity index (χ0) is 29.7. The van der Waals surface area contributed by atoms with E-state index in [0.717, 1.165) is 16.4 Å². The lowest BCUT2D eigenvalue weighted by Crippen LogP contribution is -2.54. The molecule has 0 aliphatic heterocycles. The highest BCUT2D eigenvalue weighted by Gasteiger charge is 2.33. The molecule has 10 nitrogen and oxygen atoms in total. The van der Waals surface area contributed by atoms with E-state index in [1.54, 1.807) is 49.4 Å². The van der Waals surface area contributed by atoms with Crippen molar-refractivity contribution in [3.05, 3.63) is 99.6 Å². The largest absolute Gasteiger partial charge is 0.350 e. The van der Waals surface area contributed by atoms with Crippen molar-refractivity contribution in [3.8, 4) is 0 Å². The number of non-ortho nitro benzene ring substituents is 1. The number of rotatable bonds is 10. The summed E-state index contributed by atoms with van der Waals surface area (Å²) in [5.74, 6) is -1.06. The molecule has 0 fully saturated rings. The molecule has 2 amide bonds. The van der Waals surface area contributed by atoms with Crippen molar-refractivity contribution in [2.75, 3.05) is 10.8 Å². The Hall–Kier alpha value is -3.96. The van der Waals surface area contributed by atoms with Gasteiger partial charge in [-0.3, -0.25) is 24.0 Å². The average Bonchev–Trinajstić information content (AvgIpc) is 2.90. The Balaban J connectivity index is 2.04. The molecule has 0 saturated heterocycles. The van der Waals surface area contributed by atoms with E-state index in [1.165, 1.54) is 29.2 Å². The van der Waals surface area contributed by atoms with Gasteiger partial charge in [0.15, 0.2) is 0 Å². The number of benzene rings is 3. The molecule has 1 N–H and O–H groups in total. The predicted octanol–water partition coefficient (Wildman–Crippen LogP) is 4.78. The van der Waals surface area contributed by atoms with Crippen LogP contribution >= 0.6 is 11.6 Å². The molecule has 0 aromatic heterocycles.